The van der Waals surface area contributed by atoms with Crippen LogP contribution in [0.5, 0.6) is 0 Å². The van der Waals surface area contributed by atoms with Gasteiger partial charge in [-0.05, 0) is 36.0 Å². The molecule has 1 saturated heterocycles. The van der Waals surface area contributed by atoms with Gasteiger partial charge in [-0.3, -0.25) is 0 Å². The number of nitrogens with zero attached hydrogens (tertiary/aromatic N) is 1. The van der Waals surface area contributed by atoms with Gasteiger partial charge in [0.25, 0.3) is 0 Å². The van der Waals surface area contributed by atoms with Gasteiger partial charge in [0, 0.05) is 19.1 Å². The smallest absolute Gasteiger partial charge is 0.243 e. The van der Waals surface area contributed by atoms with Crippen molar-refractivity contribution < 1.29 is 16.8 Å². The van der Waals surface area contributed by atoms with Gasteiger partial charge in [-0.25, -0.2) is 16.8 Å². The van der Waals surface area contributed by atoms with Gasteiger partial charge in [0.05, 0.1) is 15.5 Å². The standard InChI is InChI=1S/C15H22N2O4S2.ClH/c1-15(2)10-17(7-5-14(15)16)23(20,21)12-4-3-11-6-8-22(18,19)13(11)9-12;/h3-4,9,14H,5-8,10,16H2,1-2H3;1H. The van der Waals surface area contributed by atoms with Gasteiger partial charge in [0.2, 0.25) is 10.0 Å². The maximum absolute atomic E-state index is 12.9. The molecule has 1 fully saturated rings. The van der Waals surface area contributed by atoms with Gasteiger partial charge in [-0.2, -0.15) is 4.31 Å². The van der Waals surface area contributed by atoms with Crippen molar-refractivity contribution >= 4 is 32.3 Å². The van der Waals surface area contributed by atoms with E-state index in [0.717, 1.165) is 0 Å². The lowest BCUT2D eigenvalue weighted by atomic mass is 9.81. The molecule has 0 aromatic heterocycles. The van der Waals surface area contributed by atoms with Crippen molar-refractivity contribution in [2.24, 2.45) is 11.1 Å². The number of benzene rings is 1. The molecule has 2 heterocycles. The first-order chi connectivity index (χ1) is 10.5. The summed E-state index contributed by atoms with van der Waals surface area (Å²) in [5, 5.41) is 0. The quantitative estimate of drug-likeness (QED) is 0.812. The van der Waals surface area contributed by atoms with E-state index in [-0.39, 0.29) is 39.4 Å². The molecule has 1 unspecified atom stereocenters. The minimum atomic E-state index is -3.71. The third kappa shape index (κ3) is 3.22. The van der Waals surface area contributed by atoms with Crippen molar-refractivity contribution in [3.8, 4) is 0 Å². The van der Waals surface area contributed by atoms with Crippen molar-refractivity contribution in [2.45, 2.75) is 42.5 Å². The largest absolute Gasteiger partial charge is 0.327 e. The van der Waals surface area contributed by atoms with Crippen LogP contribution >= 0.6 is 12.4 Å². The summed E-state index contributed by atoms with van der Waals surface area (Å²) in [4.78, 5) is 0.208. The summed E-state index contributed by atoms with van der Waals surface area (Å²) >= 11 is 0. The van der Waals surface area contributed by atoms with E-state index in [4.69, 9.17) is 5.73 Å². The van der Waals surface area contributed by atoms with Gasteiger partial charge < -0.3 is 5.73 Å². The van der Waals surface area contributed by atoms with E-state index >= 15 is 0 Å². The van der Waals surface area contributed by atoms with Gasteiger partial charge in [-0.1, -0.05) is 19.9 Å². The first-order valence-corrected chi connectivity index (χ1v) is 10.7. The van der Waals surface area contributed by atoms with Crippen molar-refractivity contribution in [1.82, 2.24) is 4.31 Å². The maximum atomic E-state index is 12.9. The molecular weight excluding hydrogens is 372 g/mol. The molecule has 0 spiro atoms. The van der Waals surface area contributed by atoms with E-state index in [1.165, 1.54) is 16.4 Å². The van der Waals surface area contributed by atoms with E-state index in [2.05, 4.69) is 0 Å². The summed E-state index contributed by atoms with van der Waals surface area (Å²) in [6.45, 7) is 4.59. The molecule has 2 N–H and O–H groups in total. The zero-order chi connectivity index (χ0) is 17.0. The Balaban J connectivity index is 0.00000208. The van der Waals surface area contributed by atoms with E-state index in [9.17, 15) is 16.8 Å². The Morgan fingerprint density at radius 1 is 1.29 bits per heavy atom. The Bertz CT molecular complexity index is 850. The third-order valence-corrected chi connectivity index (χ3v) is 8.56. The number of piperidine rings is 1. The summed E-state index contributed by atoms with van der Waals surface area (Å²) < 4.78 is 51.2. The lowest BCUT2D eigenvalue weighted by Gasteiger charge is -2.41. The number of rotatable bonds is 2. The summed E-state index contributed by atoms with van der Waals surface area (Å²) in [7, 11) is -7.07. The first-order valence-electron chi connectivity index (χ1n) is 7.65. The molecule has 24 heavy (non-hydrogen) atoms. The van der Waals surface area contributed by atoms with Crippen LogP contribution in [0, 0.1) is 5.41 Å². The highest BCUT2D eigenvalue weighted by Gasteiger charge is 2.39. The molecule has 0 radical (unpaired) electrons. The minimum absolute atomic E-state index is 0. The molecule has 1 atom stereocenters. The first kappa shape index (κ1) is 19.7. The molecular formula is C15H23ClN2O4S2. The molecule has 9 heteroatoms. The molecule has 136 valence electrons. The average Bonchev–Trinajstić information content (AvgIpc) is 2.77. The summed E-state index contributed by atoms with van der Waals surface area (Å²) in [6.07, 6.45) is 1.04. The Morgan fingerprint density at radius 3 is 2.58 bits per heavy atom. The van der Waals surface area contributed by atoms with Crippen LogP contribution in [-0.4, -0.2) is 46.0 Å². The number of sulfonamides is 1. The van der Waals surface area contributed by atoms with Gasteiger partial charge in [0.15, 0.2) is 9.84 Å². The fourth-order valence-electron chi connectivity index (χ4n) is 3.22. The molecule has 6 nitrogen and oxygen atoms in total. The third-order valence-electron chi connectivity index (χ3n) is 4.93. The fourth-order valence-corrected chi connectivity index (χ4v) is 6.54. The van der Waals surface area contributed by atoms with Crippen molar-refractivity contribution in [1.29, 1.82) is 0 Å². The Labute approximate surface area is 149 Å². The van der Waals surface area contributed by atoms with E-state index < -0.39 is 19.9 Å². The Hall–Kier alpha value is -0.670. The average molecular weight is 395 g/mol. The van der Waals surface area contributed by atoms with Gasteiger partial charge >= 0.3 is 0 Å². The van der Waals surface area contributed by atoms with Gasteiger partial charge in [0.1, 0.15) is 0 Å². The predicted octanol–water partition coefficient (Wildman–Crippen LogP) is 1.19. The molecule has 0 aliphatic carbocycles. The van der Waals surface area contributed by atoms with Crippen LogP contribution < -0.4 is 5.73 Å². The molecule has 1 aromatic rings. The molecule has 0 bridgehead atoms. The Morgan fingerprint density at radius 2 is 1.96 bits per heavy atom. The molecule has 1 aromatic carbocycles. The zero-order valence-electron chi connectivity index (χ0n) is 13.7. The van der Waals surface area contributed by atoms with Gasteiger partial charge in [-0.15, -0.1) is 12.4 Å². The number of hydrogen-bond donors (Lipinski definition) is 1. The fraction of sp³-hybridized carbons (Fsp3) is 0.600. The van der Waals surface area contributed by atoms with Crippen molar-refractivity contribution in [3.05, 3.63) is 23.8 Å². The van der Waals surface area contributed by atoms with Crippen LogP contribution in [0.2, 0.25) is 0 Å². The summed E-state index contributed by atoms with van der Waals surface area (Å²) in [6, 6.07) is 4.40. The van der Waals surface area contributed by atoms with Crippen LogP contribution in [-0.2, 0) is 26.3 Å². The highest BCUT2D eigenvalue weighted by atomic mass is 35.5. The lowest BCUT2D eigenvalue weighted by Crippen LogP contribution is -2.53. The topological polar surface area (TPSA) is 97.5 Å². The highest BCUT2D eigenvalue weighted by molar-refractivity contribution is 7.92. The van der Waals surface area contributed by atoms with E-state index in [0.29, 0.717) is 31.5 Å². The number of fused-ring (bicyclic) bond motifs is 1. The molecule has 2 aliphatic heterocycles. The lowest BCUT2D eigenvalue weighted by molar-refractivity contribution is 0.155. The van der Waals surface area contributed by atoms with Crippen molar-refractivity contribution in [2.75, 3.05) is 18.8 Å². The molecule has 0 saturated carbocycles. The van der Waals surface area contributed by atoms with Crippen LogP contribution in [0.3, 0.4) is 0 Å². The van der Waals surface area contributed by atoms with Crippen LogP contribution in [0.4, 0.5) is 0 Å². The predicted molar refractivity (Wildman–Crippen MR) is 94.6 cm³/mol. The second kappa shape index (κ2) is 6.25. The summed E-state index contributed by atoms with van der Waals surface area (Å²) in [5.41, 5.74) is 6.45. The normalized spacial score (nSPS) is 25.7. The number of hydrogen-bond acceptors (Lipinski definition) is 5. The number of halogens is 1. The number of nitrogens with two attached hydrogens (primary N) is 1. The van der Waals surface area contributed by atoms with Crippen LogP contribution in [0.15, 0.2) is 28.0 Å². The Kier molecular flexibility index (Phi) is 5.11. The zero-order valence-corrected chi connectivity index (χ0v) is 16.2. The second-order valence-electron chi connectivity index (χ2n) is 7.06. The molecule has 3 rings (SSSR count). The number of aryl methyl sites for hydroxylation is 1. The van der Waals surface area contributed by atoms with Crippen LogP contribution in [0.1, 0.15) is 25.8 Å². The highest BCUT2D eigenvalue weighted by Crippen LogP contribution is 2.33. The molecule has 0 amide bonds. The molecule has 2 aliphatic rings. The maximum Gasteiger partial charge on any atom is 0.243 e. The van der Waals surface area contributed by atoms with Crippen molar-refractivity contribution in [3.63, 3.8) is 0 Å². The minimum Gasteiger partial charge on any atom is -0.327 e. The van der Waals surface area contributed by atoms with Crippen LogP contribution in [0.25, 0.3) is 0 Å². The number of sulfone groups is 1. The monoisotopic (exact) mass is 394 g/mol. The van der Waals surface area contributed by atoms with E-state index in [1.54, 1.807) is 6.07 Å². The SMILES string of the molecule is CC1(C)CN(S(=O)(=O)c2ccc3c(c2)S(=O)(=O)CC3)CCC1N.Cl. The summed E-state index contributed by atoms with van der Waals surface area (Å²) in [5.74, 6) is 0.0530. The second-order valence-corrected chi connectivity index (χ2v) is 11.1. The van der Waals surface area contributed by atoms with E-state index in [1.807, 2.05) is 13.8 Å².